The molecular weight excluding hydrogens is 240 g/mol. The smallest absolute Gasteiger partial charge is 0.257 e. The molecule has 5 nitrogen and oxygen atoms in total. The van der Waals surface area contributed by atoms with E-state index in [0.29, 0.717) is 11.4 Å². The number of rotatable bonds is 2. The Hall–Kier alpha value is -2.30. The van der Waals surface area contributed by atoms with E-state index in [-0.39, 0.29) is 11.4 Å². The molecule has 0 aliphatic rings. The average Bonchev–Trinajstić information content (AvgIpc) is 2.70. The van der Waals surface area contributed by atoms with Crippen LogP contribution in [-0.2, 0) is 0 Å². The van der Waals surface area contributed by atoms with Crippen LogP contribution in [0, 0.1) is 0 Å². The molecule has 0 bridgehead atoms. The molecule has 0 spiro atoms. The van der Waals surface area contributed by atoms with E-state index in [1.165, 1.54) is 6.20 Å². The van der Waals surface area contributed by atoms with Crippen molar-refractivity contribution in [3.05, 3.63) is 42.1 Å². The average molecular weight is 258 g/mol. The fraction of sp³-hybridized carbons (Fsp3) is 0.286. The summed E-state index contributed by atoms with van der Waals surface area (Å²) in [6.45, 7) is 5.76. The molecule has 1 aromatic carbocycles. The molecule has 0 radical (unpaired) electrons. The zero-order chi connectivity index (χ0) is 14.0. The predicted octanol–water partition coefficient (Wildman–Crippen LogP) is 1.98. The number of anilines is 1. The molecule has 0 saturated carbocycles. The zero-order valence-electron chi connectivity index (χ0n) is 11.3. The largest absolute Gasteiger partial charge is 0.383 e. The molecule has 100 valence electrons. The van der Waals surface area contributed by atoms with Crippen LogP contribution in [0.1, 0.15) is 31.1 Å². The lowest BCUT2D eigenvalue weighted by atomic mass is 10.1. The quantitative estimate of drug-likeness (QED) is 0.865. The zero-order valence-corrected chi connectivity index (χ0v) is 11.3. The van der Waals surface area contributed by atoms with Crippen LogP contribution in [0.15, 0.2) is 36.5 Å². The molecule has 0 aliphatic heterocycles. The molecule has 0 unspecified atom stereocenters. The van der Waals surface area contributed by atoms with Crippen LogP contribution < -0.4 is 11.1 Å². The number of para-hydroxylation sites is 1. The summed E-state index contributed by atoms with van der Waals surface area (Å²) in [5.74, 6) is 0.125. The summed E-state index contributed by atoms with van der Waals surface area (Å²) in [6.07, 6.45) is 1.49. The van der Waals surface area contributed by atoms with Crippen LogP contribution in [-0.4, -0.2) is 21.2 Å². The Morgan fingerprint density at radius 1 is 1.26 bits per heavy atom. The van der Waals surface area contributed by atoms with Gasteiger partial charge in [0.05, 0.1) is 11.9 Å². The summed E-state index contributed by atoms with van der Waals surface area (Å²) >= 11 is 0. The molecule has 1 amide bonds. The monoisotopic (exact) mass is 258 g/mol. The van der Waals surface area contributed by atoms with Gasteiger partial charge in [-0.25, -0.2) is 4.68 Å². The van der Waals surface area contributed by atoms with Crippen LogP contribution >= 0.6 is 0 Å². The first-order valence-corrected chi connectivity index (χ1v) is 6.10. The van der Waals surface area contributed by atoms with Gasteiger partial charge in [0.25, 0.3) is 5.91 Å². The predicted molar refractivity (Wildman–Crippen MR) is 75.2 cm³/mol. The Balaban J connectivity index is 2.31. The number of nitrogens with zero attached hydrogens (tertiary/aromatic N) is 2. The Bertz CT molecular complexity index is 581. The third-order valence-electron chi connectivity index (χ3n) is 2.54. The van der Waals surface area contributed by atoms with E-state index in [1.54, 1.807) is 4.68 Å². The third-order valence-corrected chi connectivity index (χ3v) is 2.54. The lowest BCUT2D eigenvalue weighted by Gasteiger charge is -2.20. The van der Waals surface area contributed by atoms with Gasteiger partial charge in [-0.15, -0.1) is 0 Å². The van der Waals surface area contributed by atoms with Gasteiger partial charge in [0.15, 0.2) is 0 Å². The molecule has 19 heavy (non-hydrogen) atoms. The molecule has 0 aliphatic carbocycles. The lowest BCUT2D eigenvalue weighted by Crippen LogP contribution is -2.40. The number of aromatic nitrogens is 2. The number of nitrogen functional groups attached to an aromatic ring is 1. The van der Waals surface area contributed by atoms with Crippen molar-refractivity contribution in [3.63, 3.8) is 0 Å². The van der Waals surface area contributed by atoms with Crippen molar-refractivity contribution in [2.75, 3.05) is 5.73 Å². The first-order valence-electron chi connectivity index (χ1n) is 6.10. The van der Waals surface area contributed by atoms with Crippen LogP contribution in [0.4, 0.5) is 5.82 Å². The summed E-state index contributed by atoms with van der Waals surface area (Å²) < 4.78 is 1.55. The summed E-state index contributed by atoms with van der Waals surface area (Å²) in [5.41, 5.74) is 6.90. The topological polar surface area (TPSA) is 72.9 Å². The van der Waals surface area contributed by atoms with Crippen molar-refractivity contribution in [1.82, 2.24) is 15.1 Å². The summed E-state index contributed by atoms with van der Waals surface area (Å²) in [6, 6.07) is 9.47. The van der Waals surface area contributed by atoms with E-state index in [1.807, 2.05) is 51.1 Å². The molecule has 0 saturated heterocycles. The van der Waals surface area contributed by atoms with E-state index in [0.717, 1.165) is 5.69 Å². The van der Waals surface area contributed by atoms with Gasteiger partial charge in [0.1, 0.15) is 11.4 Å². The molecule has 1 heterocycles. The van der Waals surface area contributed by atoms with Gasteiger partial charge in [0, 0.05) is 5.54 Å². The number of nitrogens with one attached hydrogen (secondary N) is 1. The second-order valence-electron chi connectivity index (χ2n) is 5.39. The highest BCUT2D eigenvalue weighted by molar-refractivity contribution is 5.98. The van der Waals surface area contributed by atoms with Gasteiger partial charge in [0.2, 0.25) is 0 Å². The van der Waals surface area contributed by atoms with E-state index >= 15 is 0 Å². The highest BCUT2D eigenvalue weighted by Crippen LogP contribution is 2.17. The Kier molecular flexibility index (Phi) is 3.29. The molecule has 0 atom stereocenters. The summed E-state index contributed by atoms with van der Waals surface area (Å²) in [4.78, 5) is 12.1. The Morgan fingerprint density at radius 2 is 1.89 bits per heavy atom. The van der Waals surface area contributed by atoms with Gasteiger partial charge in [-0.2, -0.15) is 5.10 Å². The number of amides is 1. The minimum Gasteiger partial charge on any atom is -0.383 e. The molecule has 5 heteroatoms. The summed E-state index contributed by atoms with van der Waals surface area (Å²) in [5, 5.41) is 7.04. The SMILES string of the molecule is CC(C)(C)NC(=O)c1cnn(-c2ccccc2)c1N. The maximum Gasteiger partial charge on any atom is 0.257 e. The molecular formula is C14H18N4O. The van der Waals surface area contributed by atoms with Gasteiger partial charge >= 0.3 is 0 Å². The van der Waals surface area contributed by atoms with Crippen LogP contribution in [0.3, 0.4) is 0 Å². The van der Waals surface area contributed by atoms with E-state index < -0.39 is 0 Å². The minimum atomic E-state index is -0.307. The highest BCUT2D eigenvalue weighted by Gasteiger charge is 2.20. The second-order valence-corrected chi connectivity index (χ2v) is 5.39. The number of nitrogens with two attached hydrogens (primary N) is 1. The molecule has 3 N–H and O–H groups in total. The lowest BCUT2D eigenvalue weighted by molar-refractivity contribution is 0.0920. The maximum atomic E-state index is 12.1. The minimum absolute atomic E-state index is 0.216. The van der Waals surface area contributed by atoms with Crippen molar-refractivity contribution in [1.29, 1.82) is 0 Å². The fourth-order valence-electron chi connectivity index (χ4n) is 1.72. The van der Waals surface area contributed by atoms with Crippen molar-refractivity contribution >= 4 is 11.7 Å². The van der Waals surface area contributed by atoms with Crippen molar-refractivity contribution in [2.24, 2.45) is 0 Å². The number of carbonyl (C=O) groups is 1. The third kappa shape index (κ3) is 2.93. The number of benzene rings is 1. The van der Waals surface area contributed by atoms with Crippen LogP contribution in [0.25, 0.3) is 5.69 Å². The first-order chi connectivity index (χ1) is 8.88. The summed E-state index contributed by atoms with van der Waals surface area (Å²) in [7, 11) is 0. The van der Waals surface area contributed by atoms with Crippen LogP contribution in [0.2, 0.25) is 0 Å². The molecule has 0 fully saturated rings. The van der Waals surface area contributed by atoms with E-state index in [4.69, 9.17) is 5.73 Å². The van der Waals surface area contributed by atoms with E-state index in [2.05, 4.69) is 10.4 Å². The highest BCUT2D eigenvalue weighted by atomic mass is 16.1. The maximum absolute atomic E-state index is 12.1. The second kappa shape index (κ2) is 4.76. The van der Waals surface area contributed by atoms with Crippen LogP contribution in [0.5, 0.6) is 0 Å². The Labute approximate surface area is 112 Å². The standard InChI is InChI=1S/C14H18N4O/c1-14(2,3)17-13(19)11-9-16-18(12(11)15)10-7-5-4-6-8-10/h4-9H,15H2,1-3H3,(H,17,19). The van der Waals surface area contributed by atoms with Gasteiger partial charge in [-0.3, -0.25) is 4.79 Å². The van der Waals surface area contributed by atoms with Gasteiger partial charge < -0.3 is 11.1 Å². The van der Waals surface area contributed by atoms with Crippen molar-refractivity contribution < 1.29 is 4.79 Å². The number of hydrogen-bond acceptors (Lipinski definition) is 3. The normalized spacial score (nSPS) is 11.3. The molecule has 2 rings (SSSR count). The fourth-order valence-corrected chi connectivity index (χ4v) is 1.72. The van der Waals surface area contributed by atoms with Crippen molar-refractivity contribution in [2.45, 2.75) is 26.3 Å². The van der Waals surface area contributed by atoms with E-state index in [9.17, 15) is 4.79 Å². The molecule has 2 aromatic rings. The Morgan fingerprint density at radius 3 is 2.47 bits per heavy atom. The first kappa shape index (κ1) is 13.1. The molecule has 1 aromatic heterocycles. The van der Waals surface area contributed by atoms with Gasteiger partial charge in [-0.05, 0) is 32.9 Å². The number of carbonyl (C=O) groups excluding carboxylic acids is 1. The number of hydrogen-bond donors (Lipinski definition) is 2. The van der Waals surface area contributed by atoms with Gasteiger partial charge in [-0.1, -0.05) is 18.2 Å². The van der Waals surface area contributed by atoms with Crippen molar-refractivity contribution in [3.8, 4) is 5.69 Å².